The molecule has 1 aromatic carbocycles. The molecular formula is C12H11BrFNO. The monoisotopic (exact) mass is 283 g/mol. The summed E-state index contributed by atoms with van der Waals surface area (Å²) in [6.07, 6.45) is 3.30. The molecule has 0 spiro atoms. The fraction of sp³-hybridized carbons (Fsp3) is 0.167. The van der Waals surface area contributed by atoms with Gasteiger partial charge < -0.3 is 9.73 Å². The molecule has 2 nitrogen and oxygen atoms in total. The molecule has 0 aliphatic rings. The van der Waals surface area contributed by atoms with Crippen LogP contribution in [0.2, 0.25) is 0 Å². The van der Waals surface area contributed by atoms with Crippen LogP contribution in [-0.4, -0.2) is 7.05 Å². The predicted molar refractivity (Wildman–Crippen MR) is 63.7 cm³/mol. The Bertz CT molecular complexity index is 470. The van der Waals surface area contributed by atoms with Crippen molar-refractivity contribution in [3.05, 3.63) is 58.2 Å². The van der Waals surface area contributed by atoms with Gasteiger partial charge in [-0.25, -0.2) is 4.39 Å². The molecule has 0 saturated carbocycles. The molecule has 1 atom stereocenters. The van der Waals surface area contributed by atoms with Crippen molar-refractivity contribution in [2.45, 2.75) is 6.04 Å². The van der Waals surface area contributed by atoms with Gasteiger partial charge in [0.05, 0.1) is 23.0 Å². The quantitative estimate of drug-likeness (QED) is 0.933. The SMILES string of the molecule is CNC(c1ccoc1)c1ccc(F)c(Br)c1. The largest absolute Gasteiger partial charge is 0.472 e. The highest BCUT2D eigenvalue weighted by Crippen LogP contribution is 2.26. The molecule has 0 aliphatic carbocycles. The van der Waals surface area contributed by atoms with E-state index in [0.29, 0.717) is 4.47 Å². The summed E-state index contributed by atoms with van der Waals surface area (Å²) in [6, 6.07) is 6.87. The first-order valence-electron chi connectivity index (χ1n) is 4.86. The van der Waals surface area contributed by atoms with E-state index in [9.17, 15) is 4.39 Å². The lowest BCUT2D eigenvalue weighted by atomic mass is 10.0. The van der Waals surface area contributed by atoms with E-state index in [0.717, 1.165) is 11.1 Å². The highest BCUT2D eigenvalue weighted by molar-refractivity contribution is 9.10. The predicted octanol–water partition coefficient (Wildman–Crippen LogP) is 3.49. The maximum atomic E-state index is 13.1. The molecule has 0 bridgehead atoms. The molecule has 0 amide bonds. The Morgan fingerprint density at radius 1 is 1.31 bits per heavy atom. The van der Waals surface area contributed by atoms with Crippen LogP contribution in [0, 0.1) is 5.82 Å². The van der Waals surface area contributed by atoms with Crippen molar-refractivity contribution in [2.75, 3.05) is 7.05 Å². The normalized spacial score (nSPS) is 12.7. The summed E-state index contributed by atoms with van der Waals surface area (Å²) < 4.78 is 18.6. The number of nitrogens with one attached hydrogen (secondary N) is 1. The van der Waals surface area contributed by atoms with Gasteiger partial charge in [-0.15, -0.1) is 0 Å². The molecule has 0 aliphatic heterocycles. The molecule has 84 valence electrons. The maximum Gasteiger partial charge on any atom is 0.137 e. The number of furan rings is 1. The van der Waals surface area contributed by atoms with Gasteiger partial charge >= 0.3 is 0 Å². The Kier molecular flexibility index (Phi) is 3.41. The van der Waals surface area contributed by atoms with E-state index in [1.807, 2.05) is 13.1 Å². The maximum absolute atomic E-state index is 13.1. The van der Waals surface area contributed by atoms with Crippen molar-refractivity contribution in [1.82, 2.24) is 5.32 Å². The number of benzene rings is 1. The van der Waals surface area contributed by atoms with Crippen molar-refractivity contribution in [1.29, 1.82) is 0 Å². The molecule has 0 saturated heterocycles. The number of hydrogen-bond donors (Lipinski definition) is 1. The minimum absolute atomic E-state index is 0.00986. The summed E-state index contributed by atoms with van der Waals surface area (Å²) in [5, 5.41) is 3.16. The molecule has 1 aromatic heterocycles. The zero-order chi connectivity index (χ0) is 11.5. The first-order chi connectivity index (χ1) is 7.72. The number of halogens is 2. The molecule has 0 fully saturated rings. The Labute approximate surface area is 102 Å². The highest BCUT2D eigenvalue weighted by atomic mass is 79.9. The van der Waals surface area contributed by atoms with Gasteiger partial charge in [-0.3, -0.25) is 0 Å². The fourth-order valence-corrected chi connectivity index (χ4v) is 2.05. The topological polar surface area (TPSA) is 25.2 Å². The van der Waals surface area contributed by atoms with E-state index < -0.39 is 0 Å². The second-order valence-corrected chi connectivity index (χ2v) is 4.31. The number of rotatable bonds is 3. The summed E-state index contributed by atoms with van der Waals surface area (Å²) in [6.45, 7) is 0. The highest BCUT2D eigenvalue weighted by Gasteiger charge is 2.14. The molecule has 1 unspecified atom stereocenters. The van der Waals surface area contributed by atoms with Gasteiger partial charge in [0, 0.05) is 5.56 Å². The third-order valence-corrected chi connectivity index (χ3v) is 3.05. The van der Waals surface area contributed by atoms with Gasteiger partial charge in [0.1, 0.15) is 5.82 Å². The molecule has 0 radical (unpaired) electrons. The van der Waals surface area contributed by atoms with E-state index in [1.54, 1.807) is 24.7 Å². The van der Waals surface area contributed by atoms with Crippen LogP contribution in [0.15, 0.2) is 45.7 Å². The van der Waals surface area contributed by atoms with Crippen LogP contribution in [0.5, 0.6) is 0 Å². The van der Waals surface area contributed by atoms with Gasteiger partial charge in [-0.2, -0.15) is 0 Å². The van der Waals surface area contributed by atoms with Gasteiger partial charge in [0.25, 0.3) is 0 Å². The molecule has 1 N–H and O–H groups in total. The van der Waals surface area contributed by atoms with Crippen molar-refractivity contribution in [3.8, 4) is 0 Å². The van der Waals surface area contributed by atoms with Crippen LogP contribution in [0.4, 0.5) is 4.39 Å². The summed E-state index contributed by atoms with van der Waals surface area (Å²) in [5.74, 6) is -0.259. The van der Waals surface area contributed by atoms with Gasteiger partial charge in [0.2, 0.25) is 0 Å². The van der Waals surface area contributed by atoms with Crippen LogP contribution in [-0.2, 0) is 0 Å². The van der Waals surface area contributed by atoms with Crippen molar-refractivity contribution in [2.24, 2.45) is 0 Å². The standard InChI is InChI=1S/C12H11BrFNO/c1-15-12(9-4-5-16-7-9)8-2-3-11(14)10(13)6-8/h2-7,12,15H,1H3. The molecular weight excluding hydrogens is 273 g/mol. The third kappa shape index (κ3) is 2.18. The van der Waals surface area contributed by atoms with E-state index >= 15 is 0 Å². The molecule has 2 aromatic rings. The van der Waals surface area contributed by atoms with E-state index in [2.05, 4.69) is 21.2 Å². The Morgan fingerprint density at radius 3 is 2.69 bits per heavy atom. The summed E-state index contributed by atoms with van der Waals surface area (Å²) in [7, 11) is 1.86. The van der Waals surface area contributed by atoms with E-state index in [-0.39, 0.29) is 11.9 Å². The summed E-state index contributed by atoms with van der Waals surface area (Å²) in [5.41, 5.74) is 2.00. The molecule has 1 heterocycles. The number of hydrogen-bond acceptors (Lipinski definition) is 2. The lowest BCUT2D eigenvalue weighted by Gasteiger charge is -2.15. The first-order valence-corrected chi connectivity index (χ1v) is 5.66. The van der Waals surface area contributed by atoms with Crippen LogP contribution in [0.1, 0.15) is 17.2 Å². The van der Waals surface area contributed by atoms with Crippen LogP contribution >= 0.6 is 15.9 Å². The zero-order valence-corrected chi connectivity index (χ0v) is 10.3. The third-order valence-electron chi connectivity index (χ3n) is 2.44. The second kappa shape index (κ2) is 4.80. The Morgan fingerprint density at radius 2 is 2.12 bits per heavy atom. The van der Waals surface area contributed by atoms with Crippen molar-refractivity contribution in [3.63, 3.8) is 0 Å². The van der Waals surface area contributed by atoms with E-state index in [4.69, 9.17) is 4.42 Å². The van der Waals surface area contributed by atoms with Crippen LogP contribution in [0.25, 0.3) is 0 Å². The van der Waals surface area contributed by atoms with Gasteiger partial charge in [-0.1, -0.05) is 6.07 Å². The van der Waals surface area contributed by atoms with Gasteiger partial charge in [0.15, 0.2) is 0 Å². The van der Waals surface area contributed by atoms with Crippen LogP contribution in [0.3, 0.4) is 0 Å². The fourth-order valence-electron chi connectivity index (χ4n) is 1.66. The summed E-state index contributed by atoms with van der Waals surface area (Å²) >= 11 is 3.18. The average Bonchev–Trinajstić information content (AvgIpc) is 2.78. The smallest absolute Gasteiger partial charge is 0.137 e. The lowest BCUT2D eigenvalue weighted by molar-refractivity contribution is 0.557. The second-order valence-electron chi connectivity index (χ2n) is 3.45. The molecule has 2 rings (SSSR count). The van der Waals surface area contributed by atoms with Crippen molar-refractivity contribution < 1.29 is 8.81 Å². The lowest BCUT2D eigenvalue weighted by Crippen LogP contribution is -2.17. The van der Waals surface area contributed by atoms with Crippen LogP contribution < -0.4 is 5.32 Å². The first kappa shape index (κ1) is 11.4. The Hall–Kier alpha value is -1.13. The summed E-state index contributed by atoms with van der Waals surface area (Å²) in [4.78, 5) is 0. The zero-order valence-electron chi connectivity index (χ0n) is 8.71. The molecule has 16 heavy (non-hydrogen) atoms. The minimum Gasteiger partial charge on any atom is -0.472 e. The van der Waals surface area contributed by atoms with E-state index in [1.165, 1.54) is 6.07 Å². The van der Waals surface area contributed by atoms with Gasteiger partial charge in [-0.05, 0) is 46.7 Å². The Balaban J connectivity index is 2.37. The van der Waals surface area contributed by atoms with Crippen molar-refractivity contribution >= 4 is 15.9 Å². The minimum atomic E-state index is -0.259. The molecule has 4 heteroatoms. The average molecular weight is 284 g/mol.